The zero-order valence-electron chi connectivity index (χ0n) is 15.3. The second-order valence-electron chi connectivity index (χ2n) is 6.94. The van der Waals surface area contributed by atoms with Crippen molar-refractivity contribution in [3.05, 3.63) is 29.8 Å². The van der Waals surface area contributed by atoms with Crippen molar-refractivity contribution in [2.45, 2.75) is 57.0 Å². The Labute approximate surface area is 155 Å². The molecule has 0 spiro atoms. The van der Waals surface area contributed by atoms with E-state index in [1.165, 1.54) is 37.5 Å². The minimum atomic E-state index is -3.63. The third kappa shape index (κ3) is 4.27. The topological polar surface area (TPSA) is 75.7 Å². The summed E-state index contributed by atoms with van der Waals surface area (Å²) in [5.41, 5.74) is 1.84. The van der Waals surface area contributed by atoms with E-state index < -0.39 is 10.0 Å². The van der Waals surface area contributed by atoms with Gasteiger partial charge in [0.2, 0.25) is 15.9 Å². The standard InChI is InChI=1S/C19H26N2O4S/c1-14-13-21(15(2)22)18-12-17(8-9-19(18)25-14)26(23,24)20-11-10-16-6-4-3-5-7-16/h6,8-9,12,14,20H,3-5,7,10-11,13H2,1-2H3/t14-/m0/s1. The van der Waals surface area contributed by atoms with Gasteiger partial charge >= 0.3 is 0 Å². The van der Waals surface area contributed by atoms with Crippen molar-refractivity contribution in [1.29, 1.82) is 0 Å². The van der Waals surface area contributed by atoms with Crippen molar-refractivity contribution >= 4 is 21.6 Å². The van der Waals surface area contributed by atoms with E-state index in [9.17, 15) is 13.2 Å². The van der Waals surface area contributed by atoms with Crippen LogP contribution < -0.4 is 14.4 Å². The number of sulfonamides is 1. The summed E-state index contributed by atoms with van der Waals surface area (Å²) in [5.74, 6) is 0.401. The van der Waals surface area contributed by atoms with Crippen LogP contribution in [0.1, 0.15) is 46.0 Å². The first-order valence-electron chi connectivity index (χ1n) is 9.13. The molecule has 1 aliphatic carbocycles. The molecule has 0 bridgehead atoms. The van der Waals surface area contributed by atoms with Gasteiger partial charge in [-0.2, -0.15) is 0 Å². The van der Waals surface area contributed by atoms with E-state index in [1.54, 1.807) is 11.0 Å². The summed E-state index contributed by atoms with van der Waals surface area (Å²) < 4.78 is 33.6. The maximum Gasteiger partial charge on any atom is 0.240 e. The molecule has 1 aromatic rings. The van der Waals surface area contributed by atoms with Crippen LogP contribution >= 0.6 is 0 Å². The van der Waals surface area contributed by atoms with Crippen LogP contribution in [0.4, 0.5) is 5.69 Å². The minimum Gasteiger partial charge on any atom is -0.487 e. The van der Waals surface area contributed by atoms with Crippen molar-refractivity contribution in [3.63, 3.8) is 0 Å². The molecular formula is C19H26N2O4S. The lowest BCUT2D eigenvalue weighted by molar-refractivity contribution is -0.117. The van der Waals surface area contributed by atoms with Crippen molar-refractivity contribution in [1.82, 2.24) is 4.72 Å². The second-order valence-corrected chi connectivity index (χ2v) is 8.71. The number of carbonyl (C=O) groups excluding carboxylic acids is 1. The van der Waals surface area contributed by atoms with E-state index in [0.717, 1.165) is 19.3 Å². The van der Waals surface area contributed by atoms with Crippen LogP contribution in [0.2, 0.25) is 0 Å². The molecule has 0 aromatic heterocycles. The molecule has 3 rings (SSSR count). The fraction of sp³-hybridized carbons (Fsp3) is 0.526. The number of fused-ring (bicyclic) bond motifs is 1. The van der Waals surface area contributed by atoms with Gasteiger partial charge in [-0.15, -0.1) is 0 Å². The Morgan fingerprint density at radius 1 is 1.35 bits per heavy atom. The third-order valence-electron chi connectivity index (χ3n) is 4.80. The number of anilines is 1. The van der Waals surface area contributed by atoms with Gasteiger partial charge in [0.25, 0.3) is 0 Å². The summed E-state index contributed by atoms with van der Waals surface area (Å²) in [7, 11) is -3.63. The highest BCUT2D eigenvalue weighted by molar-refractivity contribution is 7.89. The van der Waals surface area contributed by atoms with Crippen molar-refractivity contribution in [2.75, 3.05) is 18.0 Å². The average molecular weight is 378 g/mol. The first-order valence-corrected chi connectivity index (χ1v) is 10.6. The number of benzene rings is 1. The molecule has 1 amide bonds. The largest absolute Gasteiger partial charge is 0.487 e. The monoisotopic (exact) mass is 378 g/mol. The predicted octanol–water partition coefficient (Wildman–Crippen LogP) is 2.99. The van der Waals surface area contributed by atoms with Crippen molar-refractivity contribution < 1.29 is 17.9 Å². The van der Waals surface area contributed by atoms with E-state index in [4.69, 9.17) is 4.74 Å². The molecule has 1 N–H and O–H groups in total. The Balaban J connectivity index is 1.74. The van der Waals surface area contributed by atoms with Gasteiger partial charge in [-0.25, -0.2) is 13.1 Å². The smallest absolute Gasteiger partial charge is 0.240 e. The molecule has 26 heavy (non-hydrogen) atoms. The van der Waals surface area contributed by atoms with Crippen LogP contribution in [0.5, 0.6) is 5.75 Å². The van der Waals surface area contributed by atoms with Crippen LogP contribution in [-0.4, -0.2) is 33.5 Å². The quantitative estimate of drug-likeness (QED) is 0.799. The highest BCUT2D eigenvalue weighted by Gasteiger charge is 2.27. The third-order valence-corrected chi connectivity index (χ3v) is 6.26. The molecule has 0 fully saturated rings. The number of rotatable bonds is 5. The predicted molar refractivity (Wildman–Crippen MR) is 101 cm³/mol. The number of nitrogens with zero attached hydrogens (tertiary/aromatic N) is 1. The molecule has 6 nitrogen and oxygen atoms in total. The molecule has 0 radical (unpaired) electrons. The summed E-state index contributed by atoms with van der Waals surface area (Å²) in [4.78, 5) is 13.6. The number of carbonyl (C=O) groups is 1. The van der Waals surface area contributed by atoms with Gasteiger partial charge in [-0.1, -0.05) is 11.6 Å². The Kier molecular flexibility index (Phi) is 5.67. The maximum atomic E-state index is 12.6. The molecule has 1 aromatic carbocycles. The molecule has 7 heteroatoms. The molecule has 142 valence electrons. The number of allylic oxidation sites excluding steroid dienone is 1. The van der Waals surface area contributed by atoms with Crippen molar-refractivity contribution in [2.24, 2.45) is 0 Å². The lowest BCUT2D eigenvalue weighted by atomic mass is 9.97. The Morgan fingerprint density at radius 3 is 2.85 bits per heavy atom. The van der Waals surface area contributed by atoms with Crippen LogP contribution in [0.25, 0.3) is 0 Å². The SMILES string of the molecule is CC(=O)N1C[C@H](C)Oc2ccc(S(=O)(=O)NCCC3=CCCCC3)cc21. The molecule has 1 atom stereocenters. The fourth-order valence-corrected chi connectivity index (χ4v) is 4.50. The van der Waals surface area contributed by atoms with Crippen LogP contribution in [0.15, 0.2) is 34.7 Å². The van der Waals surface area contributed by atoms with E-state index in [0.29, 0.717) is 24.5 Å². The van der Waals surface area contributed by atoms with E-state index >= 15 is 0 Å². The maximum absolute atomic E-state index is 12.6. The van der Waals surface area contributed by atoms with E-state index in [2.05, 4.69) is 10.8 Å². The molecule has 0 saturated carbocycles. The van der Waals surface area contributed by atoms with Crippen LogP contribution in [0, 0.1) is 0 Å². The van der Waals surface area contributed by atoms with Gasteiger partial charge in [0.15, 0.2) is 0 Å². The number of amides is 1. The van der Waals surface area contributed by atoms with Crippen LogP contribution in [-0.2, 0) is 14.8 Å². The van der Waals surface area contributed by atoms with Gasteiger partial charge < -0.3 is 9.64 Å². The Hall–Kier alpha value is -1.86. The lowest BCUT2D eigenvalue weighted by Gasteiger charge is -2.33. The van der Waals surface area contributed by atoms with Gasteiger partial charge in [0, 0.05) is 13.5 Å². The number of hydrogen-bond acceptors (Lipinski definition) is 4. The highest BCUT2D eigenvalue weighted by Crippen LogP contribution is 2.35. The van der Waals surface area contributed by atoms with Crippen LogP contribution in [0.3, 0.4) is 0 Å². The summed E-state index contributed by atoms with van der Waals surface area (Å²) in [6.07, 6.45) is 7.39. The Bertz CT molecular complexity index is 817. The minimum absolute atomic E-state index is 0.129. The number of ether oxygens (including phenoxy) is 1. The average Bonchev–Trinajstić information content (AvgIpc) is 2.61. The normalized spacial score (nSPS) is 20.2. The highest BCUT2D eigenvalue weighted by atomic mass is 32.2. The molecular weight excluding hydrogens is 352 g/mol. The summed E-state index contributed by atoms with van der Waals surface area (Å²) in [6, 6.07) is 4.67. The Morgan fingerprint density at radius 2 is 2.15 bits per heavy atom. The lowest BCUT2D eigenvalue weighted by Crippen LogP contribution is -2.41. The van der Waals surface area contributed by atoms with Gasteiger partial charge in [0.05, 0.1) is 17.1 Å². The zero-order chi connectivity index (χ0) is 18.7. The molecule has 1 heterocycles. The van der Waals surface area contributed by atoms with Gasteiger partial charge in [0.1, 0.15) is 11.9 Å². The molecule has 0 unspecified atom stereocenters. The van der Waals surface area contributed by atoms with Gasteiger partial charge in [-0.05, 0) is 57.2 Å². The van der Waals surface area contributed by atoms with Crippen molar-refractivity contribution in [3.8, 4) is 5.75 Å². The first-order chi connectivity index (χ1) is 12.4. The van der Waals surface area contributed by atoms with E-state index in [1.807, 2.05) is 6.92 Å². The molecule has 0 saturated heterocycles. The second kappa shape index (κ2) is 7.80. The van der Waals surface area contributed by atoms with E-state index in [-0.39, 0.29) is 16.9 Å². The van der Waals surface area contributed by atoms with Gasteiger partial charge in [-0.3, -0.25) is 4.79 Å². The summed E-state index contributed by atoms with van der Waals surface area (Å²) >= 11 is 0. The summed E-state index contributed by atoms with van der Waals surface area (Å²) in [6.45, 7) is 4.15. The first kappa shape index (κ1) is 18.9. The fourth-order valence-electron chi connectivity index (χ4n) is 3.44. The summed E-state index contributed by atoms with van der Waals surface area (Å²) in [5, 5.41) is 0. The number of nitrogens with one attached hydrogen (secondary N) is 1. The zero-order valence-corrected chi connectivity index (χ0v) is 16.1. The number of hydrogen-bond donors (Lipinski definition) is 1. The molecule has 2 aliphatic rings. The molecule has 1 aliphatic heterocycles.